The molecule has 3 aromatic rings. The number of morpholine rings is 1. The lowest BCUT2D eigenvalue weighted by molar-refractivity contribution is 0.121. The number of ether oxygens (including phenoxy) is 1. The van der Waals surface area contributed by atoms with Crippen LogP contribution in [0.15, 0.2) is 39.9 Å². The number of benzene rings is 1. The van der Waals surface area contributed by atoms with E-state index in [1.165, 1.54) is 11.6 Å². The Kier molecular flexibility index (Phi) is 4.35. The van der Waals surface area contributed by atoms with Crippen molar-refractivity contribution in [3.63, 3.8) is 0 Å². The minimum atomic E-state index is -0.377. The topological polar surface area (TPSA) is 74.3 Å². The van der Waals surface area contributed by atoms with Crippen LogP contribution in [0.1, 0.15) is 18.5 Å². The van der Waals surface area contributed by atoms with Crippen molar-refractivity contribution in [2.45, 2.75) is 13.0 Å². The van der Waals surface area contributed by atoms with Gasteiger partial charge in [-0.15, -0.1) is 0 Å². The highest BCUT2D eigenvalue weighted by molar-refractivity contribution is 5.75. The fourth-order valence-electron chi connectivity index (χ4n) is 3.64. The summed E-state index contributed by atoms with van der Waals surface area (Å²) < 4.78 is 10.0. The SMILES string of the molecule is CC(c1ccccc1)n1c(N2CCOCC2)nc2c1c(=O)n(C)c(=O)n2C. The molecule has 1 fully saturated rings. The molecular formula is C19H23N5O3. The van der Waals surface area contributed by atoms with Gasteiger partial charge in [0.05, 0.1) is 19.3 Å². The molecule has 1 aliphatic rings. The fourth-order valence-corrected chi connectivity index (χ4v) is 3.64. The van der Waals surface area contributed by atoms with Crippen LogP contribution in [0.3, 0.4) is 0 Å². The molecular weight excluding hydrogens is 346 g/mol. The first kappa shape index (κ1) is 17.5. The molecule has 4 rings (SSSR count). The third-order valence-corrected chi connectivity index (χ3v) is 5.24. The summed E-state index contributed by atoms with van der Waals surface area (Å²) in [5.41, 5.74) is 1.22. The van der Waals surface area contributed by atoms with Crippen molar-refractivity contribution in [3.05, 3.63) is 56.7 Å². The number of rotatable bonds is 3. The first-order chi connectivity index (χ1) is 13.0. The lowest BCUT2D eigenvalue weighted by Gasteiger charge is -2.30. The van der Waals surface area contributed by atoms with Gasteiger partial charge in [-0.25, -0.2) is 4.79 Å². The second-order valence-electron chi connectivity index (χ2n) is 6.85. The van der Waals surface area contributed by atoms with E-state index < -0.39 is 0 Å². The van der Waals surface area contributed by atoms with Gasteiger partial charge in [0.2, 0.25) is 5.95 Å². The van der Waals surface area contributed by atoms with Crippen molar-refractivity contribution in [2.24, 2.45) is 14.1 Å². The Balaban J connectivity index is 2.04. The standard InChI is InChI=1S/C19H23N5O3/c1-13(14-7-5-4-6-8-14)24-15-16(21(2)19(26)22(3)17(15)25)20-18(24)23-9-11-27-12-10-23/h4-8,13H,9-12H2,1-3H3. The molecule has 2 aromatic heterocycles. The second-order valence-corrected chi connectivity index (χ2v) is 6.85. The summed E-state index contributed by atoms with van der Waals surface area (Å²) >= 11 is 0. The molecule has 0 spiro atoms. The summed E-state index contributed by atoms with van der Waals surface area (Å²) in [5, 5.41) is 0. The smallest absolute Gasteiger partial charge is 0.332 e. The van der Waals surface area contributed by atoms with Crippen LogP contribution in [0.25, 0.3) is 11.2 Å². The molecule has 1 saturated heterocycles. The van der Waals surface area contributed by atoms with Crippen LogP contribution >= 0.6 is 0 Å². The molecule has 27 heavy (non-hydrogen) atoms. The van der Waals surface area contributed by atoms with Gasteiger partial charge < -0.3 is 9.64 Å². The molecule has 0 bridgehead atoms. The zero-order valence-electron chi connectivity index (χ0n) is 15.8. The van der Waals surface area contributed by atoms with Crippen molar-refractivity contribution < 1.29 is 4.74 Å². The van der Waals surface area contributed by atoms with E-state index >= 15 is 0 Å². The first-order valence-corrected chi connectivity index (χ1v) is 9.06. The Morgan fingerprint density at radius 3 is 2.37 bits per heavy atom. The van der Waals surface area contributed by atoms with Crippen molar-refractivity contribution in [1.82, 2.24) is 18.7 Å². The van der Waals surface area contributed by atoms with Gasteiger partial charge >= 0.3 is 5.69 Å². The summed E-state index contributed by atoms with van der Waals surface area (Å²) in [6.45, 7) is 4.66. The van der Waals surface area contributed by atoms with Crippen LogP contribution in [0.5, 0.6) is 0 Å². The third-order valence-electron chi connectivity index (χ3n) is 5.24. The Morgan fingerprint density at radius 2 is 1.70 bits per heavy atom. The van der Waals surface area contributed by atoms with Crippen molar-refractivity contribution in [2.75, 3.05) is 31.2 Å². The van der Waals surface area contributed by atoms with Crippen LogP contribution < -0.4 is 16.1 Å². The van der Waals surface area contributed by atoms with Crippen molar-refractivity contribution in [3.8, 4) is 0 Å². The van der Waals surface area contributed by atoms with E-state index in [1.54, 1.807) is 7.05 Å². The Morgan fingerprint density at radius 1 is 1.04 bits per heavy atom. The Hall–Kier alpha value is -2.87. The fraction of sp³-hybridized carbons (Fsp3) is 0.421. The van der Waals surface area contributed by atoms with Crippen LogP contribution in [0, 0.1) is 0 Å². The maximum atomic E-state index is 13.0. The summed E-state index contributed by atoms with van der Waals surface area (Å²) in [6.07, 6.45) is 0. The minimum absolute atomic E-state index is 0.112. The number of aromatic nitrogens is 4. The van der Waals surface area contributed by atoms with Crippen molar-refractivity contribution >= 4 is 17.1 Å². The number of fused-ring (bicyclic) bond motifs is 1. The van der Waals surface area contributed by atoms with Gasteiger partial charge in [0.15, 0.2) is 11.2 Å². The lowest BCUT2D eigenvalue weighted by atomic mass is 10.1. The number of aryl methyl sites for hydroxylation is 1. The molecule has 0 N–H and O–H groups in total. The van der Waals surface area contributed by atoms with E-state index in [4.69, 9.17) is 9.72 Å². The molecule has 1 unspecified atom stereocenters. The minimum Gasteiger partial charge on any atom is -0.378 e. The molecule has 0 radical (unpaired) electrons. The highest BCUT2D eigenvalue weighted by atomic mass is 16.5. The third kappa shape index (κ3) is 2.76. The molecule has 0 aliphatic carbocycles. The van der Waals surface area contributed by atoms with Crippen molar-refractivity contribution in [1.29, 1.82) is 0 Å². The summed E-state index contributed by atoms with van der Waals surface area (Å²) in [4.78, 5) is 32.2. The molecule has 142 valence electrons. The van der Waals surface area contributed by atoms with Gasteiger partial charge in [-0.1, -0.05) is 30.3 Å². The van der Waals surface area contributed by atoms with Gasteiger partial charge in [0.25, 0.3) is 5.56 Å². The van der Waals surface area contributed by atoms with Gasteiger partial charge in [-0.05, 0) is 12.5 Å². The predicted molar refractivity (Wildman–Crippen MR) is 104 cm³/mol. The highest BCUT2D eigenvalue weighted by Gasteiger charge is 2.27. The monoisotopic (exact) mass is 369 g/mol. The normalized spacial score (nSPS) is 16.0. The maximum absolute atomic E-state index is 13.0. The number of nitrogens with zero attached hydrogens (tertiary/aromatic N) is 5. The van der Waals surface area contributed by atoms with E-state index in [0.717, 1.165) is 10.1 Å². The number of hydrogen-bond acceptors (Lipinski definition) is 5. The Labute approximate surface area is 156 Å². The molecule has 3 heterocycles. The zero-order chi connectivity index (χ0) is 19.1. The molecule has 0 saturated carbocycles. The summed E-state index contributed by atoms with van der Waals surface area (Å²) in [7, 11) is 3.15. The molecule has 1 atom stereocenters. The quantitative estimate of drug-likeness (QED) is 0.685. The van der Waals surface area contributed by atoms with E-state index in [0.29, 0.717) is 43.4 Å². The molecule has 1 aliphatic heterocycles. The molecule has 0 amide bonds. The summed E-state index contributed by atoms with van der Waals surface area (Å²) in [6, 6.07) is 9.88. The van der Waals surface area contributed by atoms with E-state index in [9.17, 15) is 9.59 Å². The van der Waals surface area contributed by atoms with E-state index in [2.05, 4.69) is 4.90 Å². The van der Waals surface area contributed by atoms with Gasteiger partial charge in [-0.3, -0.25) is 18.5 Å². The second kappa shape index (κ2) is 6.70. The predicted octanol–water partition coefficient (Wildman–Crippen LogP) is 0.880. The molecule has 1 aromatic carbocycles. The molecule has 8 heteroatoms. The summed E-state index contributed by atoms with van der Waals surface area (Å²) in [5.74, 6) is 0.697. The average Bonchev–Trinajstić information content (AvgIpc) is 3.12. The van der Waals surface area contributed by atoms with Crippen LogP contribution in [0.2, 0.25) is 0 Å². The van der Waals surface area contributed by atoms with Crippen LogP contribution in [0.4, 0.5) is 5.95 Å². The van der Waals surface area contributed by atoms with Gasteiger partial charge in [0.1, 0.15) is 0 Å². The first-order valence-electron chi connectivity index (χ1n) is 9.06. The molecule has 8 nitrogen and oxygen atoms in total. The number of anilines is 1. The number of hydrogen-bond donors (Lipinski definition) is 0. The lowest BCUT2D eigenvalue weighted by Crippen LogP contribution is -2.39. The maximum Gasteiger partial charge on any atom is 0.332 e. The van der Waals surface area contributed by atoms with E-state index in [-0.39, 0.29) is 17.3 Å². The number of imidazole rings is 1. The van der Waals surface area contributed by atoms with Crippen LogP contribution in [-0.2, 0) is 18.8 Å². The zero-order valence-corrected chi connectivity index (χ0v) is 15.8. The van der Waals surface area contributed by atoms with Crippen LogP contribution in [-0.4, -0.2) is 45.0 Å². The highest BCUT2D eigenvalue weighted by Crippen LogP contribution is 2.29. The van der Waals surface area contributed by atoms with Gasteiger partial charge in [-0.2, -0.15) is 4.98 Å². The average molecular weight is 369 g/mol. The van der Waals surface area contributed by atoms with Gasteiger partial charge in [0, 0.05) is 27.2 Å². The largest absolute Gasteiger partial charge is 0.378 e. The Bertz CT molecular complexity index is 1090. The van der Waals surface area contributed by atoms with E-state index in [1.807, 2.05) is 41.8 Å².